The van der Waals surface area contributed by atoms with Crippen molar-refractivity contribution in [1.29, 1.82) is 0 Å². The van der Waals surface area contributed by atoms with Crippen molar-refractivity contribution in [2.75, 3.05) is 0 Å². The van der Waals surface area contributed by atoms with Crippen molar-refractivity contribution in [3.63, 3.8) is 0 Å². The third kappa shape index (κ3) is 1.68. The molecule has 2 heteroatoms. The summed E-state index contributed by atoms with van der Waals surface area (Å²) in [5.74, 6) is 0.00231. The highest BCUT2D eigenvalue weighted by Gasteiger charge is 2.06. The van der Waals surface area contributed by atoms with Crippen LogP contribution < -0.4 is 0 Å². The maximum atomic E-state index is 10.2. The summed E-state index contributed by atoms with van der Waals surface area (Å²) in [4.78, 5) is 10.2. The average Bonchev–Trinajstić information content (AvgIpc) is 1.88. The first-order valence-corrected chi connectivity index (χ1v) is 3.19. The second kappa shape index (κ2) is 2.83. The van der Waals surface area contributed by atoms with Gasteiger partial charge in [0.15, 0.2) is 0 Å². The zero-order chi connectivity index (χ0) is 6.69. The van der Waals surface area contributed by atoms with Crippen molar-refractivity contribution >= 4 is 17.9 Å². The molecule has 0 saturated heterocycles. The molecule has 0 fully saturated rings. The smallest absolute Gasteiger partial charge is 0.127 e. The van der Waals surface area contributed by atoms with E-state index in [1.54, 1.807) is 0 Å². The van der Waals surface area contributed by atoms with Crippen molar-refractivity contribution in [3.8, 4) is 0 Å². The Labute approximate surface area is 59.0 Å². The highest BCUT2D eigenvalue weighted by Crippen LogP contribution is 2.19. The van der Waals surface area contributed by atoms with E-state index in [4.69, 9.17) is 11.6 Å². The van der Waals surface area contributed by atoms with E-state index >= 15 is 0 Å². The van der Waals surface area contributed by atoms with Crippen LogP contribution in [0, 0.1) is 5.92 Å². The molecule has 1 aliphatic carbocycles. The lowest BCUT2D eigenvalue weighted by Gasteiger charge is -2.06. The van der Waals surface area contributed by atoms with Gasteiger partial charge in [-0.1, -0.05) is 23.8 Å². The lowest BCUT2D eigenvalue weighted by molar-refractivity contribution is -0.109. The Hall–Kier alpha value is -0.560. The minimum Gasteiger partial charge on any atom is -0.303 e. The van der Waals surface area contributed by atoms with Crippen LogP contribution in [0.3, 0.4) is 0 Å². The zero-order valence-corrected chi connectivity index (χ0v) is 5.64. The van der Waals surface area contributed by atoms with Gasteiger partial charge in [-0.15, -0.1) is 0 Å². The Morgan fingerprint density at radius 2 is 2.56 bits per heavy atom. The molecule has 0 spiro atoms. The second-order valence-corrected chi connectivity index (χ2v) is 2.49. The summed E-state index contributed by atoms with van der Waals surface area (Å²) in [6.07, 6.45) is 7.04. The molecule has 0 aromatic rings. The van der Waals surface area contributed by atoms with Gasteiger partial charge in [0.05, 0.1) is 0 Å². The number of aldehydes is 1. The molecule has 0 aromatic carbocycles. The first-order chi connectivity index (χ1) is 4.33. The maximum absolute atomic E-state index is 10.2. The maximum Gasteiger partial charge on any atom is 0.127 e. The minimum atomic E-state index is 0.00231. The van der Waals surface area contributed by atoms with E-state index in [0.29, 0.717) is 6.42 Å². The number of hydrogen-bond donors (Lipinski definition) is 0. The monoisotopic (exact) mass is 142 g/mol. The van der Waals surface area contributed by atoms with Gasteiger partial charge in [-0.3, -0.25) is 0 Å². The van der Waals surface area contributed by atoms with Gasteiger partial charge in [0.2, 0.25) is 0 Å². The fraction of sp³-hybridized carbons (Fsp3) is 0.286. The van der Waals surface area contributed by atoms with Crippen LogP contribution in [0.5, 0.6) is 0 Å². The zero-order valence-electron chi connectivity index (χ0n) is 4.88. The van der Waals surface area contributed by atoms with E-state index < -0.39 is 0 Å². The molecule has 0 radical (unpaired) electrons. The third-order valence-electron chi connectivity index (χ3n) is 1.24. The number of hydrogen-bond acceptors (Lipinski definition) is 1. The molecule has 1 aliphatic rings. The van der Waals surface area contributed by atoms with Crippen LogP contribution in [0.1, 0.15) is 6.42 Å². The normalized spacial score (nSPS) is 25.4. The van der Waals surface area contributed by atoms with Crippen LogP contribution in [0.25, 0.3) is 0 Å². The molecule has 0 amide bonds. The molecule has 0 bridgehead atoms. The van der Waals surface area contributed by atoms with Crippen LogP contribution in [-0.4, -0.2) is 6.29 Å². The average molecular weight is 143 g/mol. The van der Waals surface area contributed by atoms with Crippen molar-refractivity contribution in [2.45, 2.75) is 6.42 Å². The van der Waals surface area contributed by atoms with Gasteiger partial charge in [-0.25, -0.2) is 0 Å². The molecule has 0 saturated carbocycles. The summed E-state index contributed by atoms with van der Waals surface area (Å²) >= 11 is 5.64. The van der Waals surface area contributed by atoms with Crippen LogP contribution in [0.2, 0.25) is 0 Å². The molecule has 1 unspecified atom stereocenters. The van der Waals surface area contributed by atoms with Crippen molar-refractivity contribution < 1.29 is 4.79 Å². The second-order valence-electron chi connectivity index (χ2n) is 2.00. The fourth-order valence-corrected chi connectivity index (χ4v) is 1.01. The Morgan fingerprint density at radius 3 is 3.00 bits per heavy atom. The summed E-state index contributed by atoms with van der Waals surface area (Å²) in [6.45, 7) is 0. The Bertz CT molecular complexity index is 170. The first-order valence-electron chi connectivity index (χ1n) is 2.81. The fourth-order valence-electron chi connectivity index (χ4n) is 0.757. The van der Waals surface area contributed by atoms with Crippen molar-refractivity contribution in [2.24, 2.45) is 5.92 Å². The number of carbonyl (C=O) groups excluding carboxylic acids is 1. The van der Waals surface area contributed by atoms with Crippen LogP contribution in [0.15, 0.2) is 23.3 Å². The summed E-state index contributed by atoms with van der Waals surface area (Å²) in [5, 5.41) is 0.759. The predicted molar refractivity (Wildman–Crippen MR) is 37.2 cm³/mol. The molecule has 48 valence electrons. The molecular formula is C7H7ClO. The summed E-state index contributed by atoms with van der Waals surface area (Å²) in [6, 6.07) is 0. The standard InChI is InChI=1S/C7H7ClO/c8-7-3-1-2-6(4-7)5-9/h1-3,5-6H,4H2. The van der Waals surface area contributed by atoms with Gasteiger partial charge in [0.1, 0.15) is 6.29 Å². The van der Waals surface area contributed by atoms with Gasteiger partial charge >= 0.3 is 0 Å². The molecule has 0 heterocycles. The molecule has 1 atom stereocenters. The minimum absolute atomic E-state index is 0.00231. The van der Waals surface area contributed by atoms with E-state index in [1.807, 2.05) is 18.2 Å². The van der Waals surface area contributed by atoms with Crippen LogP contribution in [0.4, 0.5) is 0 Å². The number of allylic oxidation sites excluding steroid dienone is 4. The van der Waals surface area contributed by atoms with Gasteiger partial charge in [-0.2, -0.15) is 0 Å². The van der Waals surface area contributed by atoms with Crippen LogP contribution in [-0.2, 0) is 4.79 Å². The Balaban J connectivity index is 2.61. The largest absolute Gasteiger partial charge is 0.303 e. The first kappa shape index (κ1) is 6.56. The molecule has 0 N–H and O–H groups in total. The van der Waals surface area contributed by atoms with E-state index in [0.717, 1.165) is 11.3 Å². The highest BCUT2D eigenvalue weighted by atomic mass is 35.5. The molecule has 9 heavy (non-hydrogen) atoms. The van der Waals surface area contributed by atoms with Gasteiger partial charge in [0, 0.05) is 11.0 Å². The quantitative estimate of drug-likeness (QED) is 0.511. The van der Waals surface area contributed by atoms with Gasteiger partial charge in [0.25, 0.3) is 0 Å². The predicted octanol–water partition coefficient (Wildman–Crippen LogP) is 1.88. The number of halogens is 1. The van der Waals surface area contributed by atoms with E-state index in [9.17, 15) is 4.79 Å². The van der Waals surface area contributed by atoms with E-state index in [2.05, 4.69) is 0 Å². The van der Waals surface area contributed by atoms with Crippen molar-refractivity contribution in [3.05, 3.63) is 23.3 Å². The number of rotatable bonds is 1. The van der Waals surface area contributed by atoms with Crippen molar-refractivity contribution in [1.82, 2.24) is 0 Å². The Morgan fingerprint density at radius 1 is 1.78 bits per heavy atom. The Kier molecular flexibility index (Phi) is 2.06. The topological polar surface area (TPSA) is 17.1 Å². The molecule has 1 rings (SSSR count). The summed E-state index contributed by atoms with van der Waals surface area (Å²) in [5.41, 5.74) is 0. The summed E-state index contributed by atoms with van der Waals surface area (Å²) < 4.78 is 0. The lowest BCUT2D eigenvalue weighted by Crippen LogP contribution is -1.99. The highest BCUT2D eigenvalue weighted by molar-refractivity contribution is 6.29. The third-order valence-corrected chi connectivity index (χ3v) is 1.52. The SMILES string of the molecule is O=CC1C=CC=C(Cl)C1. The lowest BCUT2D eigenvalue weighted by atomic mass is 10.0. The molecular weight excluding hydrogens is 136 g/mol. The molecule has 0 aliphatic heterocycles. The van der Waals surface area contributed by atoms with Gasteiger partial charge < -0.3 is 4.79 Å². The van der Waals surface area contributed by atoms with E-state index in [1.165, 1.54) is 0 Å². The number of carbonyl (C=O) groups is 1. The van der Waals surface area contributed by atoms with Crippen LogP contribution >= 0.6 is 11.6 Å². The molecule has 0 aromatic heterocycles. The van der Waals surface area contributed by atoms with E-state index in [-0.39, 0.29) is 5.92 Å². The van der Waals surface area contributed by atoms with Gasteiger partial charge in [-0.05, 0) is 12.5 Å². The summed E-state index contributed by atoms with van der Waals surface area (Å²) in [7, 11) is 0. The molecule has 1 nitrogen and oxygen atoms in total.